The number of aromatic nitrogens is 2. The van der Waals surface area contributed by atoms with Crippen molar-refractivity contribution < 1.29 is 0 Å². The number of nitrogens with zero attached hydrogens (tertiary/aromatic N) is 4. The molecule has 0 atom stereocenters. The van der Waals surface area contributed by atoms with E-state index in [0.717, 1.165) is 37.8 Å². The van der Waals surface area contributed by atoms with E-state index in [-0.39, 0.29) is 24.0 Å². The van der Waals surface area contributed by atoms with Crippen molar-refractivity contribution in [1.82, 2.24) is 19.8 Å². The van der Waals surface area contributed by atoms with Crippen molar-refractivity contribution in [3.63, 3.8) is 0 Å². The average Bonchev–Trinajstić information content (AvgIpc) is 3.27. The highest BCUT2D eigenvalue weighted by atomic mass is 127. The molecule has 2 aliphatic rings. The highest BCUT2D eigenvalue weighted by Crippen LogP contribution is 2.47. The molecule has 0 bridgehead atoms. The second-order valence-electron chi connectivity index (χ2n) is 7.71. The highest BCUT2D eigenvalue weighted by molar-refractivity contribution is 14.0. The Morgan fingerprint density at radius 2 is 2.04 bits per heavy atom. The highest BCUT2D eigenvalue weighted by Gasteiger charge is 2.43. The van der Waals surface area contributed by atoms with Gasteiger partial charge in [0.15, 0.2) is 5.96 Å². The summed E-state index contributed by atoms with van der Waals surface area (Å²) in [5.74, 6) is 2.17. The topological polar surface area (TPSA) is 45.5 Å². The number of aliphatic imine (C=N–C) groups is 1. The Bertz CT molecular complexity index is 751. The van der Waals surface area contributed by atoms with Crippen LogP contribution in [0.2, 0.25) is 0 Å². The average molecular weight is 479 g/mol. The third kappa shape index (κ3) is 4.65. The molecule has 1 aromatic carbocycles. The first-order valence-corrected chi connectivity index (χ1v) is 9.78. The summed E-state index contributed by atoms with van der Waals surface area (Å²) in [4.78, 5) is 11.5. The second kappa shape index (κ2) is 9.08. The van der Waals surface area contributed by atoms with Gasteiger partial charge in [-0.1, -0.05) is 36.8 Å². The van der Waals surface area contributed by atoms with E-state index >= 15 is 0 Å². The first kappa shape index (κ1) is 20.2. The number of imidazole rings is 1. The fourth-order valence-corrected chi connectivity index (χ4v) is 4.31. The predicted octanol–water partition coefficient (Wildman–Crippen LogP) is 3.54. The van der Waals surface area contributed by atoms with Crippen LogP contribution in [-0.2, 0) is 13.0 Å². The summed E-state index contributed by atoms with van der Waals surface area (Å²) in [6.07, 6.45) is 10.4. The van der Waals surface area contributed by atoms with Crippen LogP contribution < -0.4 is 5.32 Å². The third-order valence-electron chi connectivity index (χ3n) is 5.99. The molecule has 2 heterocycles. The lowest BCUT2D eigenvalue weighted by Gasteiger charge is -2.38. The molecule has 1 saturated carbocycles. The van der Waals surface area contributed by atoms with E-state index in [2.05, 4.69) is 61.3 Å². The van der Waals surface area contributed by atoms with Gasteiger partial charge in [0.25, 0.3) is 0 Å². The maximum absolute atomic E-state index is 4.55. The zero-order valence-corrected chi connectivity index (χ0v) is 18.4. The lowest BCUT2D eigenvalue weighted by atomic mass is 9.68. The Hall–Kier alpha value is -1.57. The Kier molecular flexibility index (Phi) is 6.78. The molecule has 5 nitrogen and oxygen atoms in total. The molecule has 2 aromatic rings. The van der Waals surface area contributed by atoms with Crippen LogP contribution in [0.1, 0.15) is 37.1 Å². The lowest BCUT2D eigenvalue weighted by Crippen LogP contribution is -2.43. The number of nitrogens with one attached hydrogen (secondary N) is 1. The van der Waals surface area contributed by atoms with Crippen molar-refractivity contribution in [1.29, 1.82) is 0 Å². The molecule has 1 aliphatic heterocycles. The van der Waals surface area contributed by atoms with Gasteiger partial charge in [-0.15, -0.1) is 24.0 Å². The van der Waals surface area contributed by atoms with Gasteiger partial charge in [0.2, 0.25) is 0 Å². The number of hydrogen-bond acceptors (Lipinski definition) is 2. The molecule has 146 valence electrons. The third-order valence-corrected chi connectivity index (χ3v) is 5.99. The van der Waals surface area contributed by atoms with Crippen LogP contribution in [0.3, 0.4) is 0 Å². The molecule has 6 heteroatoms. The lowest BCUT2D eigenvalue weighted by molar-refractivity contribution is 0.151. The first-order valence-electron chi connectivity index (χ1n) is 9.78. The van der Waals surface area contributed by atoms with Gasteiger partial charge >= 0.3 is 0 Å². The normalized spacial score (nSPS) is 18.3. The molecule has 0 unspecified atom stereocenters. The monoisotopic (exact) mass is 479 g/mol. The standard InChI is InChI=1S/C21H29N5.HI/c1-22-20(26-14-11-21(17-26)9-5-10-21)24-12-8-19-23-13-15-25(19)16-18-6-3-2-4-7-18;/h2-4,6-7,13,15H,5,8-12,14,16-17H2,1H3,(H,22,24);1H. The van der Waals surface area contributed by atoms with Crippen molar-refractivity contribution in [2.75, 3.05) is 26.7 Å². The van der Waals surface area contributed by atoms with Gasteiger partial charge < -0.3 is 14.8 Å². The van der Waals surface area contributed by atoms with Crippen molar-refractivity contribution in [3.05, 3.63) is 54.1 Å². The van der Waals surface area contributed by atoms with E-state index in [4.69, 9.17) is 0 Å². The summed E-state index contributed by atoms with van der Waals surface area (Å²) in [5.41, 5.74) is 1.90. The molecule has 2 fully saturated rings. The summed E-state index contributed by atoms with van der Waals surface area (Å²) in [7, 11) is 1.89. The Balaban J connectivity index is 0.00000210. The molecular formula is C21H30IN5. The number of benzene rings is 1. The van der Waals surface area contributed by atoms with Crippen molar-refractivity contribution >= 4 is 29.9 Å². The van der Waals surface area contributed by atoms with E-state index in [1.165, 1.54) is 37.8 Å². The van der Waals surface area contributed by atoms with Gasteiger partial charge in [-0.05, 0) is 30.2 Å². The quantitative estimate of drug-likeness (QED) is 0.406. The SMILES string of the molecule is CN=C(NCCc1nccn1Cc1ccccc1)N1CCC2(CCC2)C1.I. The van der Waals surface area contributed by atoms with E-state index in [1.54, 1.807) is 0 Å². The molecule has 0 amide bonds. The Labute approximate surface area is 179 Å². The summed E-state index contributed by atoms with van der Waals surface area (Å²) >= 11 is 0. The fourth-order valence-electron chi connectivity index (χ4n) is 4.31. The minimum absolute atomic E-state index is 0. The zero-order valence-electron chi connectivity index (χ0n) is 16.1. The first-order chi connectivity index (χ1) is 12.8. The molecule has 1 spiro atoms. The van der Waals surface area contributed by atoms with E-state index in [1.807, 2.05) is 13.2 Å². The Morgan fingerprint density at radius 3 is 2.70 bits per heavy atom. The molecular weight excluding hydrogens is 449 g/mol. The maximum atomic E-state index is 4.55. The summed E-state index contributed by atoms with van der Waals surface area (Å²) in [5, 5.41) is 3.55. The van der Waals surface area contributed by atoms with Crippen molar-refractivity contribution in [2.24, 2.45) is 10.4 Å². The Morgan fingerprint density at radius 1 is 1.22 bits per heavy atom. The van der Waals surface area contributed by atoms with Crippen LogP contribution in [0.15, 0.2) is 47.7 Å². The van der Waals surface area contributed by atoms with Crippen molar-refractivity contribution in [3.8, 4) is 0 Å². The van der Waals surface area contributed by atoms with E-state index in [9.17, 15) is 0 Å². The number of hydrogen-bond donors (Lipinski definition) is 1. The molecule has 1 N–H and O–H groups in total. The van der Waals surface area contributed by atoms with E-state index in [0.29, 0.717) is 5.41 Å². The maximum Gasteiger partial charge on any atom is 0.193 e. The van der Waals surface area contributed by atoms with E-state index < -0.39 is 0 Å². The van der Waals surface area contributed by atoms with Gasteiger partial charge in [-0.2, -0.15) is 0 Å². The van der Waals surface area contributed by atoms with Crippen molar-refractivity contribution in [2.45, 2.75) is 38.6 Å². The predicted molar refractivity (Wildman–Crippen MR) is 121 cm³/mol. The number of halogens is 1. The molecule has 0 radical (unpaired) electrons. The molecule has 1 aliphatic carbocycles. The van der Waals surface area contributed by atoms with Gasteiger partial charge in [0.1, 0.15) is 5.82 Å². The van der Waals surface area contributed by atoms with Gasteiger partial charge in [-0.3, -0.25) is 4.99 Å². The second-order valence-corrected chi connectivity index (χ2v) is 7.71. The summed E-state index contributed by atoms with van der Waals surface area (Å²) < 4.78 is 2.24. The number of guanidine groups is 1. The molecule has 1 aromatic heterocycles. The van der Waals surface area contributed by atoms with Gasteiger partial charge in [0, 0.05) is 52.0 Å². The largest absolute Gasteiger partial charge is 0.356 e. The molecule has 4 rings (SSSR count). The van der Waals surface area contributed by atoms with Crippen LogP contribution in [-0.4, -0.2) is 47.1 Å². The van der Waals surface area contributed by atoms with Crippen LogP contribution in [0, 0.1) is 5.41 Å². The molecule has 27 heavy (non-hydrogen) atoms. The number of rotatable bonds is 5. The van der Waals surface area contributed by atoms with Crippen LogP contribution in [0.25, 0.3) is 0 Å². The summed E-state index contributed by atoms with van der Waals surface area (Å²) in [6, 6.07) is 10.5. The van der Waals surface area contributed by atoms with Gasteiger partial charge in [0.05, 0.1) is 0 Å². The minimum Gasteiger partial charge on any atom is -0.356 e. The fraction of sp³-hybridized carbons (Fsp3) is 0.524. The smallest absolute Gasteiger partial charge is 0.193 e. The van der Waals surface area contributed by atoms with Crippen LogP contribution in [0.5, 0.6) is 0 Å². The van der Waals surface area contributed by atoms with Crippen LogP contribution in [0.4, 0.5) is 0 Å². The minimum atomic E-state index is 0. The zero-order chi connectivity index (χ0) is 17.8. The number of likely N-dealkylation sites (tertiary alicyclic amines) is 1. The summed E-state index contributed by atoms with van der Waals surface area (Å²) in [6.45, 7) is 4.05. The van der Waals surface area contributed by atoms with Crippen LogP contribution >= 0.6 is 24.0 Å². The van der Waals surface area contributed by atoms with Gasteiger partial charge in [-0.25, -0.2) is 4.98 Å². The molecule has 1 saturated heterocycles.